The number of carbonyl (C=O) groups is 2. The Morgan fingerprint density at radius 3 is 1.80 bits per heavy atom. The second-order valence-corrected chi connectivity index (χ2v) is 13.6. The fourth-order valence-corrected chi connectivity index (χ4v) is 6.87. The van der Waals surface area contributed by atoms with Gasteiger partial charge in [-0.2, -0.15) is 0 Å². The van der Waals surface area contributed by atoms with Crippen molar-refractivity contribution in [2.75, 3.05) is 13.2 Å². The maximum Gasteiger partial charge on any atom is 0.264 e. The van der Waals surface area contributed by atoms with Gasteiger partial charge in [0.15, 0.2) is 0 Å². The normalized spacial score (nSPS) is 12.7. The van der Waals surface area contributed by atoms with E-state index in [-0.39, 0.29) is 23.0 Å². The number of nitrogens with zero attached hydrogens (tertiary/aromatic N) is 1. The van der Waals surface area contributed by atoms with Gasteiger partial charge in [0.25, 0.3) is 21.8 Å². The summed E-state index contributed by atoms with van der Waals surface area (Å²) in [6.45, 7) is 3.25. The molecule has 0 heterocycles. The Hall–Kier alpha value is -5.74. The lowest BCUT2D eigenvalue weighted by molar-refractivity contribution is -0.251. The van der Waals surface area contributed by atoms with E-state index in [1.165, 1.54) is 24.3 Å². The SMILES string of the molecule is Cc1ccc(C(NC(=O)c2ccc(S(=O)(=O)NC(=O)CN=C([O-])OCC3c4ccccc4-c4ccccc43)cc2)c2ccc(C)cc2)cc1. The van der Waals surface area contributed by atoms with E-state index in [9.17, 15) is 23.1 Å². The van der Waals surface area contributed by atoms with Crippen LogP contribution in [0.5, 0.6) is 0 Å². The van der Waals surface area contributed by atoms with Gasteiger partial charge in [-0.05, 0) is 71.5 Å². The average molecular weight is 673 g/mol. The third kappa shape index (κ3) is 7.55. The van der Waals surface area contributed by atoms with E-state index in [0.29, 0.717) is 0 Å². The lowest BCUT2D eigenvalue weighted by Gasteiger charge is -2.21. The zero-order valence-corrected chi connectivity index (χ0v) is 27.7. The van der Waals surface area contributed by atoms with Gasteiger partial charge in [-0.3, -0.25) is 14.6 Å². The molecule has 0 fully saturated rings. The molecule has 6 rings (SSSR count). The van der Waals surface area contributed by atoms with Crippen molar-refractivity contribution >= 4 is 27.9 Å². The predicted octanol–water partition coefficient (Wildman–Crippen LogP) is 5.17. The number of rotatable bonds is 10. The highest BCUT2D eigenvalue weighted by molar-refractivity contribution is 7.90. The summed E-state index contributed by atoms with van der Waals surface area (Å²) >= 11 is 0. The van der Waals surface area contributed by atoms with Crippen molar-refractivity contribution in [1.82, 2.24) is 10.0 Å². The number of aryl methyl sites for hydroxylation is 2. The smallest absolute Gasteiger partial charge is 0.264 e. The van der Waals surface area contributed by atoms with Crippen molar-refractivity contribution in [3.63, 3.8) is 0 Å². The van der Waals surface area contributed by atoms with Crippen molar-refractivity contribution < 1.29 is 27.9 Å². The van der Waals surface area contributed by atoms with Crippen LogP contribution < -0.4 is 15.1 Å². The van der Waals surface area contributed by atoms with Crippen LogP contribution in [-0.4, -0.2) is 39.5 Å². The van der Waals surface area contributed by atoms with E-state index >= 15 is 0 Å². The summed E-state index contributed by atoms with van der Waals surface area (Å²) in [4.78, 5) is 29.2. The summed E-state index contributed by atoms with van der Waals surface area (Å²) in [5, 5.41) is 15.4. The molecular formula is C39H34N3O6S-. The number of amides is 2. The topological polar surface area (TPSA) is 137 Å². The highest BCUT2D eigenvalue weighted by atomic mass is 32.2. The van der Waals surface area contributed by atoms with Crippen molar-refractivity contribution in [2.45, 2.75) is 30.7 Å². The minimum Gasteiger partial charge on any atom is -0.599 e. The summed E-state index contributed by atoms with van der Waals surface area (Å²) in [7, 11) is -4.30. The molecule has 0 radical (unpaired) electrons. The molecule has 0 saturated heterocycles. The molecule has 10 heteroatoms. The highest BCUT2D eigenvalue weighted by Gasteiger charge is 2.27. The Morgan fingerprint density at radius 2 is 1.27 bits per heavy atom. The van der Waals surface area contributed by atoms with E-state index in [2.05, 4.69) is 10.3 Å². The molecule has 248 valence electrons. The third-order valence-electron chi connectivity index (χ3n) is 8.46. The van der Waals surface area contributed by atoms with Crippen LogP contribution >= 0.6 is 0 Å². The standard InChI is InChI=1S/C39H35N3O6S/c1-25-11-15-27(16-12-25)37(28-17-13-26(2)14-18-28)41-38(44)29-19-21-30(22-20-29)49(46,47)42-36(43)23-40-39(45)48-24-35-33-9-5-3-7-31(33)32-8-4-6-10-34(32)35/h3-22,35,37H,23-24H2,1-2H3,(H,40,45)(H,41,44)(H,42,43)/p-1. The Kier molecular flexibility index (Phi) is 9.59. The molecule has 0 bridgehead atoms. The molecular weight excluding hydrogens is 639 g/mol. The number of ether oxygens (including phenoxy) is 1. The Balaban J connectivity index is 1.06. The number of hydrogen-bond donors (Lipinski definition) is 2. The molecule has 0 spiro atoms. The zero-order valence-electron chi connectivity index (χ0n) is 26.9. The lowest BCUT2D eigenvalue weighted by Crippen LogP contribution is -2.34. The average Bonchev–Trinajstić information content (AvgIpc) is 3.43. The Morgan fingerprint density at radius 1 is 0.755 bits per heavy atom. The minimum absolute atomic E-state index is 0.0208. The van der Waals surface area contributed by atoms with E-state index in [1.54, 1.807) is 0 Å². The van der Waals surface area contributed by atoms with Gasteiger partial charge in [0, 0.05) is 18.1 Å². The van der Waals surface area contributed by atoms with Gasteiger partial charge in [-0.1, -0.05) is 108 Å². The van der Waals surface area contributed by atoms with E-state index in [4.69, 9.17) is 4.74 Å². The van der Waals surface area contributed by atoms with Crippen molar-refractivity contribution in [2.24, 2.45) is 4.99 Å². The number of aliphatic imine (C=N–C) groups is 1. The molecule has 2 amide bonds. The first-order chi connectivity index (χ1) is 23.6. The van der Waals surface area contributed by atoms with E-state index in [0.717, 1.165) is 44.5 Å². The molecule has 0 aromatic heterocycles. The molecule has 1 aliphatic rings. The number of benzene rings is 5. The van der Waals surface area contributed by atoms with Gasteiger partial charge in [0.05, 0.1) is 10.9 Å². The minimum atomic E-state index is -4.30. The van der Waals surface area contributed by atoms with Crippen LogP contribution in [0.25, 0.3) is 11.1 Å². The van der Waals surface area contributed by atoms with Crippen LogP contribution in [0.2, 0.25) is 0 Å². The number of fused-ring (bicyclic) bond motifs is 3. The van der Waals surface area contributed by atoms with Gasteiger partial charge in [0.1, 0.15) is 12.6 Å². The summed E-state index contributed by atoms with van der Waals surface area (Å²) in [6.07, 6.45) is -0.973. The molecule has 0 aliphatic heterocycles. The number of nitrogens with one attached hydrogen (secondary N) is 2. The molecule has 0 atom stereocenters. The zero-order chi connectivity index (χ0) is 34.5. The van der Waals surface area contributed by atoms with Gasteiger partial charge in [0.2, 0.25) is 0 Å². The number of hydrogen-bond acceptors (Lipinski definition) is 7. The second-order valence-electron chi connectivity index (χ2n) is 11.9. The first-order valence-corrected chi connectivity index (χ1v) is 17.2. The lowest BCUT2D eigenvalue weighted by atomic mass is 9.96. The van der Waals surface area contributed by atoms with Crippen LogP contribution in [-0.2, 0) is 19.6 Å². The first kappa shape index (κ1) is 33.2. The predicted molar refractivity (Wildman–Crippen MR) is 185 cm³/mol. The molecule has 5 aromatic rings. The van der Waals surface area contributed by atoms with Gasteiger partial charge in [-0.25, -0.2) is 13.1 Å². The molecule has 5 aromatic carbocycles. The summed E-state index contributed by atoms with van der Waals surface area (Å²) < 4.78 is 33.1. The second kappa shape index (κ2) is 14.2. The largest absolute Gasteiger partial charge is 0.599 e. The summed E-state index contributed by atoms with van der Waals surface area (Å²) in [5.41, 5.74) is 8.41. The fraction of sp³-hybridized carbons (Fsp3) is 0.154. The van der Waals surface area contributed by atoms with Crippen molar-refractivity contribution in [1.29, 1.82) is 0 Å². The molecule has 0 unspecified atom stereocenters. The quantitative estimate of drug-likeness (QED) is 0.155. The first-order valence-electron chi connectivity index (χ1n) is 15.7. The molecule has 49 heavy (non-hydrogen) atoms. The van der Waals surface area contributed by atoms with Crippen LogP contribution in [0.1, 0.15) is 55.7 Å². The third-order valence-corrected chi connectivity index (χ3v) is 9.85. The van der Waals surface area contributed by atoms with Crippen LogP contribution in [0.15, 0.2) is 131 Å². The van der Waals surface area contributed by atoms with Gasteiger partial charge < -0.3 is 15.2 Å². The monoisotopic (exact) mass is 672 g/mol. The van der Waals surface area contributed by atoms with E-state index < -0.39 is 40.5 Å². The molecule has 1 aliphatic carbocycles. The van der Waals surface area contributed by atoms with Crippen LogP contribution in [0.3, 0.4) is 0 Å². The summed E-state index contributed by atoms with van der Waals surface area (Å²) in [6, 6.07) is 36.2. The number of sulfonamides is 1. The number of carbonyl (C=O) groups excluding carboxylic acids is 2. The highest BCUT2D eigenvalue weighted by Crippen LogP contribution is 2.44. The van der Waals surface area contributed by atoms with Gasteiger partial charge in [-0.15, -0.1) is 0 Å². The fourth-order valence-electron chi connectivity index (χ4n) is 5.89. The van der Waals surface area contributed by atoms with E-state index in [1.807, 2.05) is 116 Å². The van der Waals surface area contributed by atoms with Crippen molar-refractivity contribution in [3.8, 4) is 11.1 Å². The molecule has 9 nitrogen and oxygen atoms in total. The van der Waals surface area contributed by atoms with Gasteiger partial charge >= 0.3 is 0 Å². The maximum atomic E-state index is 13.3. The Labute approximate surface area is 285 Å². The van der Waals surface area contributed by atoms with Crippen LogP contribution in [0, 0.1) is 13.8 Å². The van der Waals surface area contributed by atoms with Crippen LogP contribution in [0.4, 0.5) is 0 Å². The maximum absolute atomic E-state index is 13.3. The Bertz CT molecular complexity index is 2040. The molecule has 0 saturated carbocycles. The van der Waals surface area contributed by atoms with Crippen molar-refractivity contribution in [3.05, 3.63) is 160 Å². The summed E-state index contributed by atoms with van der Waals surface area (Å²) in [5.74, 6) is -1.59. The molecule has 2 N–H and O–H groups in total.